The van der Waals surface area contributed by atoms with Crippen LogP contribution in [0.4, 0.5) is 28.0 Å². The molecule has 2 amide bonds. The molecule has 234 valence electrons. The van der Waals surface area contributed by atoms with E-state index in [1.807, 2.05) is 0 Å². The Labute approximate surface area is 255 Å². The van der Waals surface area contributed by atoms with E-state index in [9.17, 15) is 22.8 Å². The monoisotopic (exact) mass is 634 g/mol. The molecule has 2 aromatic carbocycles. The van der Waals surface area contributed by atoms with Gasteiger partial charge in [-0.2, -0.15) is 0 Å². The summed E-state index contributed by atoms with van der Waals surface area (Å²) >= 11 is 1.13. The quantitative estimate of drug-likeness (QED) is 0.229. The first kappa shape index (κ1) is 32.7. The molecule has 14 heteroatoms. The minimum absolute atomic E-state index is 0.0453. The van der Waals surface area contributed by atoms with Crippen LogP contribution in [-0.4, -0.2) is 46.0 Å². The van der Waals surface area contributed by atoms with E-state index in [1.165, 1.54) is 29.2 Å². The molecule has 0 saturated carbocycles. The van der Waals surface area contributed by atoms with E-state index in [-0.39, 0.29) is 35.3 Å². The van der Waals surface area contributed by atoms with E-state index in [1.54, 1.807) is 34.6 Å². The van der Waals surface area contributed by atoms with Gasteiger partial charge in [-0.05, 0) is 50.6 Å². The Morgan fingerprint density at radius 1 is 1.16 bits per heavy atom. The fourth-order valence-electron chi connectivity index (χ4n) is 4.22. The average molecular weight is 635 g/mol. The van der Waals surface area contributed by atoms with Gasteiger partial charge in [0.2, 0.25) is 5.89 Å². The van der Waals surface area contributed by atoms with Crippen LogP contribution in [-0.2, 0) is 21.5 Å². The Hall–Kier alpha value is -4.25. The van der Waals surface area contributed by atoms with Gasteiger partial charge in [-0.3, -0.25) is 4.79 Å². The molecule has 0 aliphatic carbocycles. The summed E-state index contributed by atoms with van der Waals surface area (Å²) in [5, 5.41) is 10.6. The number of rotatable bonds is 7. The van der Waals surface area contributed by atoms with Crippen molar-refractivity contribution < 1.29 is 41.0 Å². The molecule has 0 spiro atoms. The molecule has 1 N–H and O–H groups in total. The van der Waals surface area contributed by atoms with Crippen LogP contribution in [0.25, 0.3) is 11.5 Å². The zero-order valence-corrected chi connectivity index (χ0v) is 25.4. The predicted molar refractivity (Wildman–Crippen MR) is 154 cm³/mol. The number of thioether (sulfide) groups is 1. The first-order valence-corrected chi connectivity index (χ1v) is 14.3. The van der Waals surface area contributed by atoms with Crippen molar-refractivity contribution in [2.24, 2.45) is 0 Å². The van der Waals surface area contributed by atoms with Crippen molar-refractivity contribution in [1.82, 2.24) is 15.5 Å². The van der Waals surface area contributed by atoms with Crippen molar-refractivity contribution >= 4 is 29.4 Å². The average Bonchev–Trinajstić information content (AvgIpc) is 3.36. The van der Waals surface area contributed by atoms with Crippen LogP contribution < -0.4 is 15.0 Å². The highest BCUT2D eigenvalue weighted by atomic mass is 32.2. The van der Waals surface area contributed by atoms with Gasteiger partial charge in [-0.1, -0.05) is 26.0 Å². The van der Waals surface area contributed by atoms with Crippen LogP contribution in [0.15, 0.2) is 45.7 Å². The number of hydrogen-bond donors (Lipinski definition) is 1. The van der Waals surface area contributed by atoms with Crippen molar-refractivity contribution in [2.45, 2.75) is 75.9 Å². The van der Waals surface area contributed by atoms with E-state index in [0.29, 0.717) is 16.9 Å². The van der Waals surface area contributed by atoms with Gasteiger partial charge in [0, 0.05) is 17.1 Å². The molecule has 1 aliphatic heterocycles. The molecule has 2 heterocycles. The SMILES string of the molecule is C#CCC(C)(C)c1nnc(-c2cc3c(cc2F)SC[C@H](NC(=O)OC(C)(C)C)C(=O)N3Cc2ccc(OC(F)(F)F)cc2)o1. The zero-order valence-electron chi connectivity index (χ0n) is 24.5. The van der Waals surface area contributed by atoms with Gasteiger partial charge in [0.25, 0.3) is 11.8 Å². The number of carbonyl (C=O) groups excluding carboxylic acids is 2. The molecular weight excluding hydrogens is 604 g/mol. The second-order valence-corrected chi connectivity index (χ2v) is 12.7. The second kappa shape index (κ2) is 12.4. The van der Waals surface area contributed by atoms with E-state index in [4.69, 9.17) is 15.6 Å². The van der Waals surface area contributed by atoms with Crippen LogP contribution in [0.5, 0.6) is 5.75 Å². The number of aromatic nitrogens is 2. The number of alkyl halides is 3. The van der Waals surface area contributed by atoms with Gasteiger partial charge in [0.15, 0.2) is 0 Å². The molecule has 44 heavy (non-hydrogen) atoms. The van der Waals surface area contributed by atoms with Gasteiger partial charge in [-0.25, -0.2) is 9.18 Å². The molecule has 0 radical (unpaired) electrons. The van der Waals surface area contributed by atoms with Crippen LogP contribution >= 0.6 is 11.8 Å². The third-order valence-corrected chi connectivity index (χ3v) is 7.41. The first-order chi connectivity index (χ1) is 20.5. The van der Waals surface area contributed by atoms with Gasteiger partial charge < -0.3 is 24.1 Å². The second-order valence-electron chi connectivity index (χ2n) is 11.6. The molecule has 4 rings (SSSR count). The summed E-state index contributed by atoms with van der Waals surface area (Å²) in [6.45, 7) is 8.48. The molecule has 3 aromatic rings. The van der Waals surface area contributed by atoms with Crippen molar-refractivity contribution in [3.8, 4) is 29.5 Å². The van der Waals surface area contributed by atoms with Gasteiger partial charge in [0.05, 0.1) is 23.2 Å². The molecule has 0 fully saturated rings. The van der Waals surface area contributed by atoms with Gasteiger partial charge in [0.1, 0.15) is 23.2 Å². The highest BCUT2D eigenvalue weighted by Crippen LogP contribution is 2.40. The highest BCUT2D eigenvalue weighted by molar-refractivity contribution is 7.99. The Kier molecular flexibility index (Phi) is 9.20. The summed E-state index contributed by atoms with van der Waals surface area (Å²) in [6, 6.07) is 6.49. The molecule has 1 aromatic heterocycles. The lowest BCUT2D eigenvalue weighted by molar-refractivity contribution is -0.274. The van der Waals surface area contributed by atoms with Crippen LogP contribution in [0, 0.1) is 18.2 Å². The largest absolute Gasteiger partial charge is 0.573 e. The number of nitrogens with zero attached hydrogens (tertiary/aromatic N) is 3. The van der Waals surface area contributed by atoms with E-state index >= 15 is 4.39 Å². The number of fused-ring (bicyclic) bond motifs is 1. The molecule has 1 atom stereocenters. The van der Waals surface area contributed by atoms with Crippen molar-refractivity contribution in [3.63, 3.8) is 0 Å². The Balaban J connectivity index is 1.73. The highest BCUT2D eigenvalue weighted by Gasteiger charge is 2.35. The maximum absolute atomic E-state index is 15.5. The maximum Gasteiger partial charge on any atom is 0.573 e. The Morgan fingerprint density at radius 2 is 1.84 bits per heavy atom. The summed E-state index contributed by atoms with van der Waals surface area (Å²) in [5.74, 6) is 0.962. The number of carbonyl (C=O) groups is 2. The number of anilines is 1. The summed E-state index contributed by atoms with van der Waals surface area (Å²) in [4.78, 5) is 28.2. The Morgan fingerprint density at radius 3 is 2.45 bits per heavy atom. The zero-order chi connectivity index (χ0) is 32.4. The molecule has 0 saturated heterocycles. The molecule has 0 bridgehead atoms. The van der Waals surface area contributed by atoms with E-state index < -0.39 is 47.0 Å². The maximum atomic E-state index is 15.5. The van der Waals surface area contributed by atoms with Crippen LogP contribution in [0.1, 0.15) is 52.5 Å². The number of hydrogen-bond acceptors (Lipinski definition) is 8. The van der Waals surface area contributed by atoms with Crippen LogP contribution in [0.3, 0.4) is 0 Å². The normalized spacial score (nSPS) is 15.7. The lowest BCUT2D eigenvalue weighted by Gasteiger charge is -2.27. The molecule has 9 nitrogen and oxygen atoms in total. The van der Waals surface area contributed by atoms with E-state index in [2.05, 4.69) is 26.2 Å². The van der Waals surface area contributed by atoms with Crippen molar-refractivity contribution in [1.29, 1.82) is 0 Å². The lowest BCUT2D eigenvalue weighted by Crippen LogP contribution is -2.50. The van der Waals surface area contributed by atoms with Gasteiger partial charge >= 0.3 is 12.5 Å². The smallest absolute Gasteiger partial charge is 0.444 e. The summed E-state index contributed by atoms with van der Waals surface area (Å²) in [7, 11) is 0. The number of halogens is 4. The number of benzene rings is 2. The summed E-state index contributed by atoms with van der Waals surface area (Å²) in [6.07, 6.45) is 0.0491. The van der Waals surface area contributed by atoms with Gasteiger partial charge in [-0.15, -0.1) is 47.5 Å². The minimum atomic E-state index is -4.87. The topological polar surface area (TPSA) is 107 Å². The molecular formula is C30H30F4N4O5S. The molecule has 0 unspecified atom stereocenters. The lowest BCUT2D eigenvalue weighted by atomic mass is 9.90. The number of ether oxygens (including phenoxy) is 2. The summed E-state index contributed by atoms with van der Waals surface area (Å²) in [5.41, 5.74) is -0.886. The number of nitrogens with one attached hydrogen (secondary N) is 1. The standard InChI is InChI=1S/C30H30F4N4O5S/c1-7-12-29(5,6)26-37-36-24(41-26)19-13-22-23(14-20(19)31)44-16-21(35-27(40)43-28(2,3)4)25(39)38(22)15-17-8-10-18(11-9-17)42-30(32,33)34/h1,8-11,13-14,21H,12,15-16H2,2-6H3,(H,35,40)/t21-/m0/s1. The van der Waals surface area contributed by atoms with E-state index in [0.717, 1.165) is 23.9 Å². The minimum Gasteiger partial charge on any atom is -0.444 e. The number of alkyl carbamates (subject to hydrolysis) is 1. The predicted octanol–water partition coefficient (Wildman–Crippen LogP) is 6.61. The third-order valence-electron chi connectivity index (χ3n) is 6.28. The van der Waals surface area contributed by atoms with Crippen molar-refractivity contribution in [3.05, 3.63) is 53.7 Å². The summed E-state index contributed by atoms with van der Waals surface area (Å²) < 4.78 is 68.6. The molecule has 1 aliphatic rings. The fraction of sp³-hybridized carbons (Fsp3) is 0.400. The van der Waals surface area contributed by atoms with Crippen molar-refractivity contribution in [2.75, 3.05) is 10.7 Å². The Bertz CT molecular complexity index is 1580. The number of terminal acetylenes is 1. The third kappa shape index (κ3) is 8.02. The fourth-order valence-corrected chi connectivity index (χ4v) is 5.29. The number of amides is 2. The van der Waals surface area contributed by atoms with Crippen LogP contribution in [0.2, 0.25) is 0 Å². The first-order valence-electron chi connectivity index (χ1n) is 13.4.